The monoisotopic (exact) mass is 447 g/mol. The molecule has 0 radical (unpaired) electrons. The highest BCUT2D eigenvalue weighted by Gasteiger charge is 2.29. The van der Waals surface area contributed by atoms with Crippen molar-refractivity contribution in [3.63, 3.8) is 0 Å². The highest BCUT2D eigenvalue weighted by molar-refractivity contribution is 7.89. The number of nitrogens with zero attached hydrogens (tertiary/aromatic N) is 1. The largest absolute Gasteiger partial charge is 0.486 e. The summed E-state index contributed by atoms with van der Waals surface area (Å²) in [7, 11) is -3.84. The van der Waals surface area contributed by atoms with E-state index in [4.69, 9.17) is 9.47 Å². The van der Waals surface area contributed by atoms with Gasteiger partial charge in [0, 0.05) is 12.1 Å². The predicted octanol–water partition coefficient (Wildman–Crippen LogP) is 3.01. The Labute approximate surface area is 178 Å². The topological polar surface area (TPSA) is 107 Å². The van der Waals surface area contributed by atoms with Gasteiger partial charge in [-0.3, -0.25) is 4.79 Å². The molecule has 0 saturated heterocycles. The van der Waals surface area contributed by atoms with Crippen LogP contribution in [0.4, 0.5) is 5.13 Å². The van der Waals surface area contributed by atoms with Crippen LogP contribution in [0.25, 0.3) is 10.2 Å². The number of carbonyl (C=O) groups is 1. The average Bonchev–Trinajstić information content (AvgIpc) is 3.11. The zero-order valence-electron chi connectivity index (χ0n) is 16.4. The minimum atomic E-state index is -3.84. The van der Waals surface area contributed by atoms with E-state index >= 15 is 0 Å². The number of anilines is 1. The Morgan fingerprint density at radius 3 is 2.43 bits per heavy atom. The van der Waals surface area contributed by atoms with Crippen LogP contribution in [0.2, 0.25) is 0 Å². The average molecular weight is 448 g/mol. The van der Waals surface area contributed by atoms with Gasteiger partial charge in [0.1, 0.15) is 19.3 Å². The number of rotatable bonds is 6. The number of aromatic nitrogens is 1. The van der Waals surface area contributed by atoms with Crippen molar-refractivity contribution in [2.24, 2.45) is 5.92 Å². The molecule has 8 nitrogen and oxygen atoms in total. The van der Waals surface area contributed by atoms with Crippen LogP contribution in [-0.4, -0.2) is 38.6 Å². The van der Waals surface area contributed by atoms with E-state index in [0.717, 1.165) is 4.70 Å². The van der Waals surface area contributed by atoms with E-state index < -0.39 is 22.0 Å². The molecule has 0 aliphatic carbocycles. The number of benzene rings is 2. The van der Waals surface area contributed by atoms with Crippen LogP contribution < -0.4 is 19.5 Å². The molecule has 30 heavy (non-hydrogen) atoms. The summed E-state index contributed by atoms with van der Waals surface area (Å²) in [6.45, 7) is 4.51. The summed E-state index contributed by atoms with van der Waals surface area (Å²) in [5, 5.41) is 3.11. The summed E-state index contributed by atoms with van der Waals surface area (Å²) in [5.74, 6) is 0.520. The molecule has 1 aliphatic heterocycles. The van der Waals surface area contributed by atoms with Gasteiger partial charge in [0.05, 0.1) is 15.1 Å². The molecule has 2 aromatic carbocycles. The molecule has 0 spiro atoms. The smallest absolute Gasteiger partial charge is 0.244 e. The maximum atomic E-state index is 12.9. The van der Waals surface area contributed by atoms with Gasteiger partial charge in [-0.25, -0.2) is 13.4 Å². The third-order valence-electron chi connectivity index (χ3n) is 4.57. The molecule has 0 bridgehead atoms. The molecule has 2 heterocycles. The minimum Gasteiger partial charge on any atom is -0.486 e. The van der Waals surface area contributed by atoms with Crippen molar-refractivity contribution in [2.75, 3.05) is 18.5 Å². The second kappa shape index (κ2) is 8.21. The van der Waals surface area contributed by atoms with E-state index in [-0.39, 0.29) is 10.8 Å². The highest BCUT2D eigenvalue weighted by atomic mass is 32.2. The molecule has 1 atom stereocenters. The first-order valence-corrected chi connectivity index (χ1v) is 11.7. The van der Waals surface area contributed by atoms with Crippen molar-refractivity contribution < 1.29 is 22.7 Å². The van der Waals surface area contributed by atoms with Crippen molar-refractivity contribution in [3.8, 4) is 11.5 Å². The number of fused-ring (bicyclic) bond motifs is 2. The van der Waals surface area contributed by atoms with Crippen LogP contribution in [0.5, 0.6) is 11.5 Å². The molecule has 158 valence electrons. The standard InChI is InChI=1S/C20H21N3O5S2/c1-12(2)18(23-30(25,26)13-6-4-3-5-7-13)19(24)22-20-21-14-10-15-16(11-17(14)29-20)28-9-8-27-15/h3-7,10-12,18,23H,8-9H2,1-2H3,(H,21,22,24)/t18-/m0/s1. The molecule has 0 fully saturated rings. The Morgan fingerprint density at radius 1 is 1.10 bits per heavy atom. The number of hydrogen-bond donors (Lipinski definition) is 2. The molecule has 0 saturated carbocycles. The second-order valence-corrected chi connectivity index (χ2v) is 9.87. The zero-order chi connectivity index (χ0) is 21.3. The maximum absolute atomic E-state index is 12.9. The van der Waals surface area contributed by atoms with Gasteiger partial charge in [-0.1, -0.05) is 43.4 Å². The number of carbonyl (C=O) groups excluding carboxylic acids is 1. The fourth-order valence-electron chi connectivity index (χ4n) is 3.03. The Bertz CT molecular complexity index is 1130. The van der Waals surface area contributed by atoms with Gasteiger partial charge in [0.25, 0.3) is 0 Å². The lowest BCUT2D eigenvalue weighted by atomic mass is 10.1. The maximum Gasteiger partial charge on any atom is 0.244 e. The van der Waals surface area contributed by atoms with Crippen molar-refractivity contribution in [1.29, 1.82) is 0 Å². The zero-order valence-corrected chi connectivity index (χ0v) is 18.0. The summed E-state index contributed by atoms with van der Waals surface area (Å²) in [6, 6.07) is 10.6. The molecule has 10 heteroatoms. The van der Waals surface area contributed by atoms with E-state index in [1.165, 1.54) is 23.5 Å². The lowest BCUT2D eigenvalue weighted by molar-refractivity contribution is -0.118. The fourth-order valence-corrected chi connectivity index (χ4v) is 5.27. The highest BCUT2D eigenvalue weighted by Crippen LogP contribution is 2.37. The number of sulfonamides is 1. The van der Waals surface area contributed by atoms with Crippen LogP contribution in [-0.2, 0) is 14.8 Å². The van der Waals surface area contributed by atoms with Gasteiger partial charge >= 0.3 is 0 Å². The molecule has 1 aliphatic rings. The first-order chi connectivity index (χ1) is 14.3. The van der Waals surface area contributed by atoms with Gasteiger partial charge in [0.15, 0.2) is 16.6 Å². The summed E-state index contributed by atoms with van der Waals surface area (Å²) < 4.78 is 39.8. The lowest BCUT2D eigenvalue weighted by Crippen LogP contribution is -2.46. The Morgan fingerprint density at radius 2 is 1.77 bits per heavy atom. The Kier molecular flexibility index (Phi) is 5.63. The lowest BCUT2D eigenvalue weighted by Gasteiger charge is -2.21. The number of amides is 1. The number of thiazole rings is 1. The number of hydrogen-bond acceptors (Lipinski definition) is 7. The Hall–Kier alpha value is -2.69. The van der Waals surface area contributed by atoms with Crippen LogP contribution in [0.15, 0.2) is 47.4 Å². The SMILES string of the molecule is CC(C)[C@H](NS(=O)(=O)c1ccccc1)C(=O)Nc1nc2cc3c(cc2s1)OCCO3. The quantitative estimate of drug-likeness (QED) is 0.602. The molecular formula is C20H21N3O5S2. The molecule has 4 rings (SSSR count). The summed E-state index contributed by atoms with van der Waals surface area (Å²) >= 11 is 1.29. The van der Waals surface area contributed by atoms with Gasteiger partial charge < -0.3 is 14.8 Å². The fraction of sp³-hybridized carbons (Fsp3) is 0.300. The molecule has 3 aromatic rings. The summed E-state index contributed by atoms with van der Waals surface area (Å²) in [6.07, 6.45) is 0. The molecule has 2 N–H and O–H groups in total. The van der Waals surface area contributed by atoms with Gasteiger partial charge in [-0.15, -0.1) is 0 Å². The summed E-state index contributed by atoms with van der Waals surface area (Å²) in [4.78, 5) is 17.4. The van der Waals surface area contributed by atoms with E-state index in [9.17, 15) is 13.2 Å². The predicted molar refractivity (Wildman–Crippen MR) is 115 cm³/mol. The van der Waals surface area contributed by atoms with Crippen molar-refractivity contribution in [3.05, 3.63) is 42.5 Å². The van der Waals surface area contributed by atoms with Crippen molar-refractivity contribution >= 4 is 42.6 Å². The Balaban J connectivity index is 1.54. The second-order valence-electron chi connectivity index (χ2n) is 7.13. The van der Waals surface area contributed by atoms with E-state index in [0.29, 0.717) is 35.4 Å². The van der Waals surface area contributed by atoms with Crippen molar-refractivity contribution in [2.45, 2.75) is 24.8 Å². The third kappa shape index (κ3) is 4.25. The van der Waals surface area contributed by atoms with E-state index in [1.807, 2.05) is 6.07 Å². The van der Waals surface area contributed by atoms with Crippen LogP contribution in [0, 0.1) is 5.92 Å². The van der Waals surface area contributed by atoms with Gasteiger partial charge in [0.2, 0.25) is 15.9 Å². The number of ether oxygens (including phenoxy) is 2. The molecule has 1 amide bonds. The normalized spacial score (nSPS) is 14.6. The molecule has 1 aromatic heterocycles. The van der Waals surface area contributed by atoms with Gasteiger partial charge in [-0.05, 0) is 18.1 Å². The van der Waals surface area contributed by atoms with Crippen LogP contribution >= 0.6 is 11.3 Å². The first kappa shape index (κ1) is 20.6. The molecule has 0 unspecified atom stereocenters. The third-order valence-corrected chi connectivity index (χ3v) is 6.96. The number of nitrogens with one attached hydrogen (secondary N) is 2. The molecular weight excluding hydrogens is 426 g/mol. The van der Waals surface area contributed by atoms with Crippen molar-refractivity contribution in [1.82, 2.24) is 9.71 Å². The van der Waals surface area contributed by atoms with E-state index in [1.54, 1.807) is 38.1 Å². The minimum absolute atomic E-state index is 0.106. The first-order valence-electron chi connectivity index (χ1n) is 9.42. The summed E-state index contributed by atoms with van der Waals surface area (Å²) in [5.41, 5.74) is 0.672. The van der Waals surface area contributed by atoms with Crippen LogP contribution in [0.3, 0.4) is 0 Å². The van der Waals surface area contributed by atoms with E-state index in [2.05, 4.69) is 15.0 Å². The van der Waals surface area contributed by atoms with Gasteiger partial charge in [-0.2, -0.15) is 4.72 Å². The van der Waals surface area contributed by atoms with Crippen LogP contribution in [0.1, 0.15) is 13.8 Å².